The fourth-order valence-electron chi connectivity index (χ4n) is 7.89. The highest BCUT2D eigenvalue weighted by Crippen LogP contribution is 2.47. The summed E-state index contributed by atoms with van der Waals surface area (Å²) < 4.78 is 0. The van der Waals surface area contributed by atoms with Crippen LogP contribution >= 0.6 is 11.8 Å². The van der Waals surface area contributed by atoms with E-state index in [0.29, 0.717) is 23.9 Å². The summed E-state index contributed by atoms with van der Waals surface area (Å²) in [6.07, 6.45) is 3.42. The van der Waals surface area contributed by atoms with Crippen molar-refractivity contribution >= 4 is 23.4 Å². The molecule has 2 aromatic rings. The molecule has 4 aliphatic heterocycles. The van der Waals surface area contributed by atoms with Crippen LogP contribution in [0.15, 0.2) is 29.3 Å². The molecule has 4 fully saturated rings. The number of likely N-dealkylation sites (N-methyl/N-ethyl adjacent to an activating group) is 2. The van der Waals surface area contributed by atoms with E-state index in [4.69, 9.17) is 9.97 Å². The molecule has 0 N–H and O–H groups in total. The molecular formula is C30H44N6S. The normalized spacial score (nSPS) is 30.4. The topological polar surface area (TPSA) is 38.7 Å². The van der Waals surface area contributed by atoms with Gasteiger partial charge in [0, 0.05) is 62.5 Å². The number of hydrogen-bond donors (Lipinski definition) is 0. The van der Waals surface area contributed by atoms with E-state index in [1.54, 1.807) is 11.8 Å². The fraction of sp³-hybridized carbons (Fsp3) is 0.667. The van der Waals surface area contributed by atoms with Crippen molar-refractivity contribution in [3.05, 3.63) is 41.1 Å². The number of pyridine rings is 2. The molecule has 200 valence electrons. The third kappa shape index (κ3) is 4.45. The lowest BCUT2D eigenvalue weighted by atomic mass is 9.70. The smallest absolute Gasteiger partial charge is 0.130 e. The van der Waals surface area contributed by atoms with Gasteiger partial charge in [-0.05, 0) is 93.8 Å². The van der Waals surface area contributed by atoms with Gasteiger partial charge in [0.2, 0.25) is 0 Å². The van der Waals surface area contributed by atoms with E-state index in [1.165, 1.54) is 35.6 Å². The van der Waals surface area contributed by atoms with Crippen LogP contribution in [0.5, 0.6) is 0 Å². The average Bonchev–Trinajstić information content (AvgIpc) is 3.58. The summed E-state index contributed by atoms with van der Waals surface area (Å²) in [7, 11) is 4.55. The highest BCUT2D eigenvalue weighted by atomic mass is 32.2. The quantitative estimate of drug-likeness (QED) is 0.544. The largest absolute Gasteiger partial charge is 0.352 e. The standard InChI is InChI=1S/C30H44N6S/c1-19-10-26(31-27(11-19)35-9-8-21-14-33(5)17-24(21)35)30(3,4)23-16-36(25-18-34(6)15-22(23)25)28-12-20(2)13-29(32-28)37-7/h10-13,21-25H,8-9,14-18H2,1-7H3/t21-,22-,23?,24-,25+/m1/s1. The third-order valence-corrected chi connectivity index (χ3v) is 10.5. The Bertz CT molecular complexity index is 1170. The highest BCUT2D eigenvalue weighted by Gasteiger charge is 2.53. The Kier molecular flexibility index (Phi) is 6.48. The van der Waals surface area contributed by atoms with Crippen LogP contribution in [0.3, 0.4) is 0 Å². The molecular weight excluding hydrogens is 476 g/mol. The number of nitrogens with zero attached hydrogens (tertiary/aromatic N) is 6. The van der Waals surface area contributed by atoms with Crippen LogP contribution in [0.1, 0.15) is 37.1 Å². The van der Waals surface area contributed by atoms with E-state index < -0.39 is 0 Å². The summed E-state index contributed by atoms with van der Waals surface area (Å²) >= 11 is 1.74. The molecule has 5 atom stereocenters. The maximum atomic E-state index is 5.45. The zero-order valence-corrected chi connectivity index (χ0v) is 24.6. The minimum absolute atomic E-state index is 0.0264. The minimum atomic E-state index is -0.0264. The molecule has 6 nitrogen and oxygen atoms in total. The van der Waals surface area contributed by atoms with E-state index in [-0.39, 0.29) is 5.41 Å². The van der Waals surface area contributed by atoms with Crippen molar-refractivity contribution in [1.29, 1.82) is 0 Å². The van der Waals surface area contributed by atoms with Crippen LogP contribution < -0.4 is 9.80 Å². The summed E-state index contributed by atoms with van der Waals surface area (Å²) in [6, 6.07) is 10.3. The minimum Gasteiger partial charge on any atom is -0.352 e. The van der Waals surface area contributed by atoms with E-state index in [1.807, 2.05) is 0 Å². The van der Waals surface area contributed by atoms with Gasteiger partial charge in [0.05, 0.1) is 5.03 Å². The SMILES string of the molecule is CSc1cc(C)cc(N2CC(C(C)(C)c3cc(C)cc(N4CC[C@@H]5CN(C)C[C@H]54)n3)[C@H]3CN(C)C[C@@H]32)n1. The second kappa shape index (κ2) is 9.42. The molecule has 0 saturated carbocycles. The maximum absolute atomic E-state index is 5.45. The lowest BCUT2D eigenvalue weighted by molar-refractivity contribution is 0.245. The Morgan fingerprint density at radius 1 is 0.811 bits per heavy atom. The van der Waals surface area contributed by atoms with Gasteiger partial charge < -0.3 is 19.6 Å². The number of rotatable bonds is 5. The third-order valence-electron chi connectivity index (χ3n) is 9.83. The van der Waals surface area contributed by atoms with Gasteiger partial charge in [-0.15, -0.1) is 11.8 Å². The molecule has 7 heteroatoms. The molecule has 1 unspecified atom stereocenters. The molecule has 37 heavy (non-hydrogen) atoms. The Balaban J connectivity index is 1.33. The number of aryl methyl sites for hydroxylation is 2. The van der Waals surface area contributed by atoms with Crippen LogP contribution in [0.2, 0.25) is 0 Å². The van der Waals surface area contributed by atoms with Crippen molar-refractivity contribution in [2.24, 2.45) is 17.8 Å². The molecule has 6 rings (SSSR count). The first-order chi connectivity index (χ1) is 17.6. The summed E-state index contributed by atoms with van der Waals surface area (Å²) in [5.74, 6) is 4.28. The molecule has 0 amide bonds. The molecule has 0 bridgehead atoms. The van der Waals surface area contributed by atoms with Crippen LogP contribution in [0.25, 0.3) is 0 Å². The van der Waals surface area contributed by atoms with Gasteiger partial charge in [-0.1, -0.05) is 13.8 Å². The lowest BCUT2D eigenvalue weighted by Gasteiger charge is -2.36. The first-order valence-electron chi connectivity index (χ1n) is 14.1. The second-order valence-corrected chi connectivity index (χ2v) is 13.7. The molecule has 2 aromatic heterocycles. The molecule has 4 aliphatic rings. The Morgan fingerprint density at radius 2 is 1.49 bits per heavy atom. The van der Waals surface area contributed by atoms with E-state index in [2.05, 4.69) is 91.9 Å². The maximum Gasteiger partial charge on any atom is 0.130 e. The van der Waals surface area contributed by atoms with Crippen molar-refractivity contribution in [3.8, 4) is 0 Å². The zero-order valence-electron chi connectivity index (χ0n) is 23.7. The second-order valence-electron chi connectivity index (χ2n) is 12.9. The van der Waals surface area contributed by atoms with Gasteiger partial charge in [0.1, 0.15) is 11.6 Å². The Hall–Kier alpha value is -1.83. The van der Waals surface area contributed by atoms with Gasteiger partial charge >= 0.3 is 0 Å². The number of anilines is 2. The van der Waals surface area contributed by atoms with Crippen LogP contribution in [0, 0.1) is 31.6 Å². The molecule has 0 radical (unpaired) electrons. The summed E-state index contributed by atoms with van der Waals surface area (Å²) in [5.41, 5.74) is 3.87. The monoisotopic (exact) mass is 520 g/mol. The Morgan fingerprint density at radius 3 is 2.24 bits per heavy atom. The zero-order chi connectivity index (χ0) is 26.1. The predicted molar refractivity (Wildman–Crippen MR) is 155 cm³/mol. The van der Waals surface area contributed by atoms with Gasteiger partial charge in [-0.2, -0.15) is 0 Å². The fourth-order valence-corrected chi connectivity index (χ4v) is 8.38. The van der Waals surface area contributed by atoms with Gasteiger partial charge in [0.15, 0.2) is 0 Å². The van der Waals surface area contributed by atoms with Crippen molar-refractivity contribution < 1.29 is 0 Å². The van der Waals surface area contributed by atoms with Crippen LogP contribution in [-0.4, -0.2) is 91.5 Å². The Labute approximate surface area is 227 Å². The first kappa shape index (κ1) is 25.4. The van der Waals surface area contributed by atoms with Crippen LogP contribution in [-0.2, 0) is 5.41 Å². The van der Waals surface area contributed by atoms with Gasteiger partial charge in [0.25, 0.3) is 0 Å². The lowest BCUT2D eigenvalue weighted by Crippen LogP contribution is -2.39. The molecule has 6 heterocycles. The highest BCUT2D eigenvalue weighted by molar-refractivity contribution is 7.98. The van der Waals surface area contributed by atoms with Crippen molar-refractivity contribution in [3.63, 3.8) is 0 Å². The van der Waals surface area contributed by atoms with Crippen molar-refractivity contribution in [2.45, 2.75) is 56.6 Å². The number of likely N-dealkylation sites (tertiary alicyclic amines) is 2. The summed E-state index contributed by atoms with van der Waals surface area (Å²) in [5, 5.41) is 1.12. The van der Waals surface area contributed by atoms with Crippen LogP contribution in [0.4, 0.5) is 11.6 Å². The van der Waals surface area contributed by atoms with Crippen molar-refractivity contribution in [1.82, 2.24) is 19.8 Å². The van der Waals surface area contributed by atoms with E-state index in [9.17, 15) is 0 Å². The molecule has 0 aromatic carbocycles. The molecule has 0 spiro atoms. The molecule has 4 saturated heterocycles. The first-order valence-corrected chi connectivity index (χ1v) is 15.3. The molecule has 0 aliphatic carbocycles. The predicted octanol–water partition coefficient (Wildman–Crippen LogP) is 4.30. The number of fused-ring (bicyclic) bond motifs is 2. The van der Waals surface area contributed by atoms with E-state index >= 15 is 0 Å². The summed E-state index contributed by atoms with van der Waals surface area (Å²) in [4.78, 5) is 20.8. The van der Waals surface area contributed by atoms with E-state index in [0.717, 1.165) is 49.5 Å². The van der Waals surface area contributed by atoms with Gasteiger partial charge in [-0.25, -0.2) is 9.97 Å². The number of thioether (sulfide) groups is 1. The average molecular weight is 521 g/mol. The number of hydrogen-bond acceptors (Lipinski definition) is 7. The van der Waals surface area contributed by atoms with Gasteiger partial charge in [-0.3, -0.25) is 0 Å². The summed E-state index contributed by atoms with van der Waals surface area (Å²) in [6.45, 7) is 16.2. The number of aromatic nitrogens is 2. The van der Waals surface area contributed by atoms with Crippen molar-refractivity contribution in [2.75, 3.05) is 69.4 Å².